The molecule has 0 aliphatic carbocycles. The lowest BCUT2D eigenvalue weighted by Crippen LogP contribution is -2.10. The summed E-state index contributed by atoms with van der Waals surface area (Å²) in [4.78, 5) is 13.3. The van der Waals surface area contributed by atoms with Crippen molar-refractivity contribution in [3.05, 3.63) is 78.5 Å². The first kappa shape index (κ1) is 19.7. The lowest BCUT2D eigenvalue weighted by Gasteiger charge is -2.15. The molecule has 1 unspecified atom stereocenters. The van der Waals surface area contributed by atoms with Crippen LogP contribution in [0.25, 0.3) is 22.6 Å². The van der Waals surface area contributed by atoms with Crippen molar-refractivity contribution < 1.29 is 14.2 Å². The van der Waals surface area contributed by atoms with Crippen molar-refractivity contribution in [1.82, 2.24) is 19.5 Å². The maximum atomic E-state index is 13.4. The molecule has 0 saturated carbocycles. The number of aryl methyl sites for hydroxylation is 1. The molecule has 6 nitrogen and oxygen atoms in total. The molecule has 0 fully saturated rings. The van der Waals surface area contributed by atoms with E-state index in [2.05, 4.69) is 15.0 Å². The van der Waals surface area contributed by atoms with Crippen molar-refractivity contribution in [3.63, 3.8) is 0 Å². The maximum Gasteiger partial charge on any atom is 0.322 e. The summed E-state index contributed by atoms with van der Waals surface area (Å²) in [6, 6.07) is 15.4. The van der Waals surface area contributed by atoms with Gasteiger partial charge < -0.3 is 14.4 Å². The van der Waals surface area contributed by atoms with Crippen LogP contribution in [-0.4, -0.2) is 31.2 Å². The Bertz CT molecular complexity index is 1140. The summed E-state index contributed by atoms with van der Waals surface area (Å²) in [5, 5.41) is 9.69. The maximum absolute atomic E-state index is 13.4. The Hall–Kier alpha value is -3.58. The molecule has 4 aromatic rings. The predicted molar refractivity (Wildman–Crippen MR) is 112 cm³/mol. The van der Waals surface area contributed by atoms with Crippen LogP contribution in [0, 0.1) is 12.7 Å². The van der Waals surface area contributed by atoms with Gasteiger partial charge in [-0.25, -0.2) is 14.4 Å². The highest BCUT2D eigenvalue weighted by atomic mass is 19.1. The number of rotatable bonds is 6. The average molecular weight is 404 g/mol. The Morgan fingerprint density at radius 2 is 1.77 bits per heavy atom. The Kier molecular flexibility index (Phi) is 5.54. The molecular weight excluding hydrogens is 383 g/mol. The second-order valence-electron chi connectivity index (χ2n) is 7.03. The normalized spacial score (nSPS) is 12.0. The molecular formula is C23H21FN4O2. The zero-order valence-electron chi connectivity index (χ0n) is 16.7. The Morgan fingerprint density at radius 3 is 2.47 bits per heavy atom. The minimum Gasteiger partial charge on any atom is -0.424 e. The average Bonchev–Trinajstić information content (AvgIpc) is 3.21. The third kappa shape index (κ3) is 4.06. The molecule has 30 heavy (non-hydrogen) atoms. The van der Waals surface area contributed by atoms with Crippen LogP contribution < -0.4 is 4.74 Å². The molecule has 7 heteroatoms. The molecule has 1 atom stereocenters. The SMILES string of the molecule is Cc1ccc(Oc2nccc(-c3c(-c4ccc(F)cc4)ncn3C(C)CO)n2)cc1. The van der Waals surface area contributed by atoms with E-state index in [0.29, 0.717) is 22.8 Å². The number of aliphatic hydroxyl groups excluding tert-OH is 1. The molecule has 2 heterocycles. The number of nitrogens with zero attached hydrogens (tertiary/aromatic N) is 4. The summed E-state index contributed by atoms with van der Waals surface area (Å²) >= 11 is 0. The first-order chi connectivity index (χ1) is 14.5. The number of hydrogen-bond acceptors (Lipinski definition) is 5. The van der Waals surface area contributed by atoms with Gasteiger partial charge in [0, 0.05) is 11.8 Å². The summed E-state index contributed by atoms with van der Waals surface area (Å²) in [7, 11) is 0. The Labute approximate surface area is 173 Å². The molecule has 0 spiro atoms. The second kappa shape index (κ2) is 8.42. The molecule has 4 rings (SSSR count). The van der Waals surface area contributed by atoms with E-state index in [9.17, 15) is 9.50 Å². The quantitative estimate of drug-likeness (QED) is 0.500. The number of imidazole rings is 1. The van der Waals surface area contributed by atoms with Crippen LogP contribution in [0.1, 0.15) is 18.5 Å². The van der Waals surface area contributed by atoms with Gasteiger partial charge in [-0.05, 0) is 56.3 Å². The molecule has 0 bridgehead atoms. The van der Waals surface area contributed by atoms with E-state index in [1.54, 1.807) is 30.7 Å². The summed E-state index contributed by atoms with van der Waals surface area (Å²) in [6.45, 7) is 3.82. The fraction of sp³-hybridized carbons (Fsp3) is 0.174. The molecule has 2 aromatic heterocycles. The molecule has 0 radical (unpaired) electrons. The van der Waals surface area contributed by atoms with Crippen LogP contribution in [0.5, 0.6) is 11.8 Å². The molecule has 0 saturated heterocycles. The number of halogens is 1. The first-order valence-electron chi connectivity index (χ1n) is 9.56. The molecule has 0 aliphatic rings. The largest absolute Gasteiger partial charge is 0.424 e. The monoisotopic (exact) mass is 404 g/mol. The minimum atomic E-state index is -0.320. The van der Waals surface area contributed by atoms with Gasteiger partial charge in [-0.2, -0.15) is 4.98 Å². The number of aliphatic hydroxyl groups is 1. The van der Waals surface area contributed by atoms with Crippen LogP contribution >= 0.6 is 0 Å². The van der Waals surface area contributed by atoms with Crippen LogP contribution in [0.4, 0.5) is 4.39 Å². The van der Waals surface area contributed by atoms with Gasteiger partial charge >= 0.3 is 6.01 Å². The van der Waals surface area contributed by atoms with Gasteiger partial charge in [0.05, 0.1) is 36.1 Å². The molecule has 2 aromatic carbocycles. The van der Waals surface area contributed by atoms with E-state index >= 15 is 0 Å². The van der Waals surface area contributed by atoms with Gasteiger partial charge in [-0.3, -0.25) is 0 Å². The number of ether oxygens (including phenoxy) is 1. The number of benzene rings is 2. The Balaban J connectivity index is 1.77. The third-order valence-electron chi connectivity index (χ3n) is 4.76. The Morgan fingerprint density at radius 1 is 1.03 bits per heavy atom. The number of aromatic nitrogens is 4. The lowest BCUT2D eigenvalue weighted by molar-refractivity contribution is 0.239. The van der Waals surface area contributed by atoms with E-state index in [-0.39, 0.29) is 24.5 Å². The standard InChI is InChI=1S/C23H21FN4O2/c1-15-3-9-19(10-4-15)30-23-25-12-11-20(27-23)22-21(17-5-7-18(24)8-6-17)26-14-28(22)16(2)13-29/h3-12,14,16,29H,13H2,1-2H3. The van der Waals surface area contributed by atoms with E-state index in [0.717, 1.165) is 11.1 Å². The van der Waals surface area contributed by atoms with Gasteiger partial charge in [0.1, 0.15) is 11.6 Å². The summed E-state index contributed by atoms with van der Waals surface area (Å²) in [5.74, 6) is 0.313. The van der Waals surface area contributed by atoms with Crippen LogP contribution in [0.15, 0.2) is 67.1 Å². The summed E-state index contributed by atoms with van der Waals surface area (Å²) < 4.78 is 21.1. The van der Waals surface area contributed by atoms with Gasteiger partial charge in [-0.15, -0.1) is 0 Å². The van der Waals surface area contributed by atoms with Gasteiger partial charge in [0.2, 0.25) is 0 Å². The third-order valence-corrected chi connectivity index (χ3v) is 4.76. The van der Waals surface area contributed by atoms with Crippen LogP contribution in [0.2, 0.25) is 0 Å². The fourth-order valence-electron chi connectivity index (χ4n) is 3.09. The highest BCUT2D eigenvalue weighted by Gasteiger charge is 2.20. The van der Waals surface area contributed by atoms with Gasteiger partial charge in [-0.1, -0.05) is 17.7 Å². The number of hydrogen-bond donors (Lipinski definition) is 1. The fourth-order valence-corrected chi connectivity index (χ4v) is 3.09. The zero-order valence-corrected chi connectivity index (χ0v) is 16.7. The highest BCUT2D eigenvalue weighted by Crippen LogP contribution is 2.33. The predicted octanol–water partition coefficient (Wildman–Crippen LogP) is 4.80. The van der Waals surface area contributed by atoms with E-state index < -0.39 is 0 Å². The highest BCUT2D eigenvalue weighted by molar-refractivity contribution is 5.77. The van der Waals surface area contributed by atoms with Crippen LogP contribution in [-0.2, 0) is 0 Å². The minimum absolute atomic E-state index is 0.0655. The van der Waals surface area contributed by atoms with Crippen molar-refractivity contribution in [2.24, 2.45) is 0 Å². The summed E-state index contributed by atoms with van der Waals surface area (Å²) in [5.41, 5.74) is 3.79. The van der Waals surface area contributed by atoms with E-state index in [1.807, 2.05) is 42.7 Å². The van der Waals surface area contributed by atoms with E-state index in [1.165, 1.54) is 12.1 Å². The van der Waals surface area contributed by atoms with E-state index in [4.69, 9.17) is 4.74 Å². The molecule has 0 aliphatic heterocycles. The first-order valence-corrected chi connectivity index (χ1v) is 9.56. The van der Waals surface area contributed by atoms with Crippen LogP contribution in [0.3, 0.4) is 0 Å². The van der Waals surface area contributed by atoms with Crippen molar-refractivity contribution in [2.75, 3.05) is 6.61 Å². The van der Waals surface area contributed by atoms with Crippen molar-refractivity contribution in [2.45, 2.75) is 19.9 Å². The molecule has 152 valence electrons. The van der Waals surface area contributed by atoms with Gasteiger partial charge in [0.15, 0.2) is 0 Å². The lowest BCUT2D eigenvalue weighted by atomic mass is 10.1. The molecule has 1 N–H and O–H groups in total. The van der Waals surface area contributed by atoms with Crippen molar-refractivity contribution in [3.8, 4) is 34.4 Å². The van der Waals surface area contributed by atoms with Gasteiger partial charge in [0.25, 0.3) is 0 Å². The summed E-state index contributed by atoms with van der Waals surface area (Å²) in [6.07, 6.45) is 3.26. The zero-order chi connectivity index (χ0) is 21.1. The molecule has 0 amide bonds. The van der Waals surface area contributed by atoms with Crippen molar-refractivity contribution >= 4 is 0 Å². The topological polar surface area (TPSA) is 73.1 Å². The second-order valence-corrected chi connectivity index (χ2v) is 7.03. The van der Waals surface area contributed by atoms with Crippen molar-refractivity contribution in [1.29, 1.82) is 0 Å². The smallest absolute Gasteiger partial charge is 0.322 e.